The molecule has 0 amide bonds. The molecule has 0 aliphatic carbocycles. The molecular weight excluding hydrogens is 306 g/mol. The minimum atomic E-state index is -0.488. The topological polar surface area (TPSA) is 57.1 Å². The highest BCUT2D eigenvalue weighted by Crippen LogP contribution is 2.28. The number of cyclic esters (lactones) is 1. The minimum absolute atomic E-state index is 0.222. The van der Waals surface area contributed by atoms with Crippen LogP contribution in [0.5, 0.6) is 11.5 Å². The number of hydrogen-bond acceptors (Lipinski definition) is 5. The second-order valence-corrected chi connectivity index (χ2v) is 5.26. The zero-order valence-electron chi connectivity index (χ0n) is 13.7. The Hall–Kier alpha value is -3.08. The molecule has 2 aromatic rings. The summed E-state index contributed by atoms with van der Waals surface area (Å²) in [6.07, 6.45) is 1.63. The summed E-state index contributed by atoms with van der Waals surface area (Å²) < 4.78 is 15.8. The van der Waals surface area contributed by atoms with Crippen LogP contribution in [0, 0.1) is 6.92 Å². The van der Waals surface area contributed by atoms with Gasteiger partial charge in [-0.2, -0.15) is 0 Å². The van der Waals surface area contributed by atoms with Gasteiger partial charge in [-0.05, 0) is 42.8 Å². The van der Waals surface area contributed by atoms with E-state index in [1.54, 1.807) is 38.5 Å². The summed E-state index contributed by atoms with van der Waals surface area (Å²) >= 11 is 0. The van der Waals surface area contributed by atoms with Crippen LogP contribution in [-0.2, 0) is 9.53 Å². The molecule has 0 aromatic heterocycles. The molecule has 3 rings (SSSR count). The molecule has 0 unspecified atom stereocenters. The first kappa shape index (κ1) is 15.8. The monoisotopic (exact) mass is 323 g/mol. The zero-order chi connectivity index (χ0) is 17.1. The van der Waals surface area contributed by atoms with Crippen molar-refractivity contribution in [1.29, 1.82) is 0 Å². The Balaban J connectivity index is 2.02. The van der Waals surface area contributed by atoms with E-state index in [4.69, 9.17) is 14.2 Å². The van der Waals surface area contributed by atoms with Crippen molar-refractivity contribution in [2.45, 2.75) is 6.92 Å². The molecule has 1 aliphatic rings. The molecular formula is C19H17NO4. The molecule has 122 valence electrons. The average molecular weight is 323 g/mol. The second kappa shape index (κ2) is 6.58. The van der Waals surface area contributed by atoms with Gasteiger partial charge in [-0.15, -0.1) is 0 Å². The molecule has 24 heavy (non-hydrogen) atoms. The summed E-state index contributed by atoms with van der Waals surface area (Å²) in [5, 5.41) is 0. The van der Waals surface area contributed by atoms with Crippen molar-refractivity contribution in [1.82, 2.24) is 0 Å². The summed E-state index contributed by atoms with van der Waals surface area (Å²) in [6, 6.07) is 13.0. The highest BCUT2D eigenvalue weighted by molar-refractivity contribution is 6.13. The molecule has 0 fully saturated rings. The molecule has 5 heteroatoms. The van der Waals surface area contributed by atoms with Crippen molar-refractivity contribution in [2.24, 2.45) is 4.99 Å². The van der Waals surface area contributed by atoms with Crippen LogP contribution in [0.2, 0.25) is 0 Å². The van der Waals surface area contributed by atoms with Crippen molar-refractivity contribution in [2.75, 3.05) is 14.2 Å². The standard InChI is InChI=1S/C19H17NO4/c1-12-6-4-5-7-15(12)18-20-16(19(21)24-18)11-13-10-14(22-2)8-9-17(13)23-3/h4-11H,1-3H3/b16-11+. The van der Waals surface area contributed by atoms with Crippen molar-refractivity contribution in [3.8, 4) is 11.5 Å². The summed E-state index contributed by atoms with van der Waals surface area (Å²) in [7, 11) is 3.15. The van der Waals surface area contributed by atoms with Crippen molar-refractivity contribution >= 4 is 17.9 Å². The normalized spacial score (nSPS) is 15.2. The third-order valence-corrected chi connectivity index (χ3v) is 3.73. The fraction of sp³-hybridized carbons (Fsp3) is 0.158. The van der Waals surface area contributed by atoms with Gasteiger partial charge < -0.3 is 14.2 Å². The van der Waals surface area contributed by atoms with Gasteiger partial charge in [-0.25, -0.2) is 9.79 Å². The number of benzene rings is 2. The molecule has 0 bridgehead atoms. The Labute approximate surface area is 140 Å². The summed E-state index contributed by atoms with van der Waals surface area (Å²) in [4.78, 5) is 16.5. The number of hydrogen-bond donors (Lipinski definition) is 0. The highest BCUT2D eigenvalue weighted by atomic mass is 16.6. The molecule has 0 saturated heterocycles. The number of carbonyl (C=O) groups excluding carboxylic acids is 1. The first-order chi connectivity index (χ1) is 11.6. The van der Waals surface area contributed by atoms with Crippen molar-refractivity contribution in [3.05, 3.63) is 64.9 Å². The first-order valence-corrected chi connectivity index (χ1v) is 7.43. The number of nitrogens with zero attached hydrogens (tertiary/aromatic N) is 1. The average Bonchev–Trinajstić information content (AvgIpc) is 2.95. The van der Waals surface area contributed by atoms with Gasteiger partial charge in [0, 0.05) is 11.1 Å². The summed E-state index contributed by atoms with van der Waals surface area (Å²) in [6.45, 7) is 1.94. The SMILES string of the molecule is COc1ccc(OC)c(/C=C2/N=C(c3ccccc3C)OC2=O)c1. The smallest absolute Gasteiger partial charge is 0.363 e. The van der Waals surface area contributed by atoms with Gasteiger partial charge in [-0.1, -0.05) is 18.2 Å². The van der Waals surface area contributed by atoms with Crippen LogP contribution >= 0.6 is 0 Å². The molecule has 1 aliphatic heterocycles. The molecule has 5 nitrogen and oxygen atoms in total. The largest absolute Gasteiger partial charge is 0.497 e. The summed E-state index contributed by atoms with van der Waals surface area (Å²) in [5.74, 6) is 1.11. The van der Waals surface area contributed by atoms with Gasteiger partial charge in [0.2, 0.25) is 5.90 Å². The lowest BCUT2D eigenvalue weighted by molar-refractivity contribution is -0.129. The number of methoxy groups -OCH3 is 2. The Bertz CT molecular complexity index is 852. The third-order valence-electron chi connectivity index (χ3n) is 3.73. The lowest BCUT2D eigenvalue weighted by atomic mass is 10.1. The molecule has 0 radical (unpaired) electrons. The lowest BCUT2D eigenvalue weighted by Crippen LogP contribution is -2.06. The van der Waals surface area contributed by atoms with Crippen LogP contribution in [0.25, 0.3) is 6.08 Å². The van der Waals surface area contributed by atoms with Crippen LogP contribution in [0.1, 0.15) is 16.7 Å². The van der Waals surface area contributed by atoms with E-state index in [-0.39, 0.29) is 5.70 Å². The van der Waals surface area contributed by atoms with E-state index >= 15 is 0 Å². The predicted molar refractivity (Wildman–Crippen MR) is 91.3 cm³/mol. The second-order valence-electron chi connectivity index (χ2n) is 5.26. The van der Waals surface area contributed by atoms with Gasteiger partial charge in [0.15, 0.2) is 5.70 Å². The van der Waals surface area contributed by atoms with E-state index < -0.39 is 5.97 Å². The number of ether oxygens (including phenoxy) is 3. The maximum atomic E-state index is 12.2. The Morgan fingerprint density at radius 2 is 1.88 bits per heavy atom. The number of aliphatic imine (C=N–C) groups is 1. The molecule has 0 N–H and O–H groups in total. The van der Waals surface area contributed by atoms with Gasteiger partial charge >= 0.3 is 5.97 Å². The van der Waals surface area contributed by atoms with E-state index in [0.29, 0.717) is 23.0 Å². The van der Waals surface area contributed by atoms with Crippen molar-refractivity contribution < 1.29 is 19.0 Å². The van der Waals surface area contributed by atoms with Crippen molar-refractivity contribution in [3.63, 3.8) is 0 Å². The van der Waals surface area contributed by atoms with E-state index in [2.05, 4.69) is 4.99 Å². The molecule has 1 heterocycles. The molecule has 0 saturated carbocycles. The van der Waals surface area contributed by atoms with Crippen LogP contribution in [0.4, 0.5) is 0 Å². The summed E-state index contributed by atoms with van der Waals surface area (Å²) in [5.41, 5.74) is 2.70. The van der Waals surface area contributed by atoms with Gasteiger partial charge in [-0.3, -0.25) is 0 Å². The number of esters is 1. The lowest BCUT2D eigenvalue weighted by Gasteiger charge is -2.07. The number of aryl methyl sites for hydroxylation is 1. The van der Waals surface area contributed by atoms with E-state index in [1.165, 1.54) is 0 Å². The molecule has 2 aromatic carbocycles. The number of carbonyl (C=O) groups is 1. The zero-order valence-corrected chi connectivity index (χ0v) is 13.7. The van der Waals surface area contributed by atoms with Gasteiger partial charge in [0.1, 0.15) is 11.5 Å². The molecule has 0 atom stereocenters. The fourth-order valence-corrected chi connectivity index (χ4v) is 2.44. The quantitative estimate of drug-likeness (QED) is 0.639. The van der Waals surface area contributed by atoms with E-state index in [1.807, 2.05) is 31.2 Å². The predicted octanol–water partition coefficient (Wildman–Crippen LogP) is 3.36. The van der Waals surface area contributed by atoms with E-state index in [0.717, 1.165) is 11.1 Å². The maximum absolute atomic E-state index is 12.2. The fourth-order valence-electron chi connectivity index (χ4n) is 2.44. The van der Waals surface area contributed by atoms with Crippen LogP contribution < -0.4 is 9.47 Å². The third kappa shape index (κ3) is 3.01. The minimum Gasteiger partial charge on any atom is -0.497 e. The number of rotatable bonds is 4. The van der Waals surface area contributed by atoms with Crippen LogP contribution in [0.15, 0.2) is 53.2 Å². The van der Waals surface area contributed by atoms with Gasteiger partial charge in [0.05, 0.1) is 14.2 Å². The van der Waals surface area contributed by atoms with Gasteiger partial charge in [0.25, 0.3) is 0 Å². The maximum Gasteiger partial charge on any atom is 0.363 e. The Morgan fingerprint density at radius 1 is 1.08 bits per heavy atom. The highest BCUT2D eigenvalue weighted by Gasteiger charge is 2.25. The van der Waals surface area contributed by atoms with E-state index in [9.17, 15) is 4.79 Å². The Kier molecular flexibility index (Phi) is 4.33. The Morgan fingerprint density at radius 3 is 2.58 bits per heavy atom. The van der Waals surface area contributed by atoms with Crippen LogP contribution in [-0.4, -0.2) is 26.1 Å². The van der Waals surface area contributed by atoms with Crippen LogP contribution in [0.3, 0.4) is 0 Å². The molecule has 0 spiro atoms. The first-order valence-electron chi connectivity index (χ1n) is 7.43.